The maximum absolute atomic E-state index is 12.6. The van der Waals surface area contributed by atoms with Gasteiger partial charge in [-0.1, -0.05) is 0 Å². The summed E-state index contributed by atoms with van der Waals surface area (Å²) < 4.78 is 37.2. The van der Waals surface area contributed by atoms with Gasteiger partial charge < -0.3 is 10.2 Å². The maximum Gasteiger partial charge on any atom is 0.390 e. The van der Waals surface area contributed by atoms with E-state index in [1.807, 2.05) is 0 Å². The summed E-state index contributed by atoms with van der Waals surface area (Å²) >= 11 is 0. The fraction of sp³-hybridized carbons (Fsp3) is 0.846. The summed E-state index contributed by atoms with van der Waals surface area (Å²) in [6, 6.07) is 0. The number of carbonyl (C=O) groups excluding carboxylic acids is 2. The zero-order chi connectivity index (χ0) is 15.3. The zero-order valence-corrected chi connectivity index (χ0v) is 11.8. The van der Waals surface area contributed by atoms with Crippen molar-refractivity contribution < 1.29 is 22.8 Å². The second kappa shape index (κ2) is 4.36. The van der Waals surface area contributed by atoms with E-state index in [9.17, 15) is 22.8 Å². The Labute approximate surface area is 115 Å². The van der Waals surface area contributed by atoms with E-state index in [1.165, 1.54) is 13.8 Å². The molecule has 2 rings (SSSR count). The first-order valence-electron chi connectivity index (χ1n) is 6.70. The van der Waals surface area contributed by atoms with E-state index < -0.39 is 42.0 Å². The van der Waals surface area contributed by atoms with Gasteiger partial charge in [0.2, 0.25) is 11.8 Å². The molecule has 7 heteroatoms. The molecular weight excluding hydrogens is 273 g/mol. The van der Waals surface area contributed by atoms with Gasteiger partial charge in [0.1, 0.15) is 11.1 Å². The van der Waals surface area contributed by atoms with Crippen LogP contribution in [0.15, 0.2) is 0 Å². The van der Waals surface area contributed by atoms with Crippen LogP contribution in [0.25, 0.3) is 0 Å². The second-order valence-electron chi connectivity index (χ2n) is 6.31. The van der Waals surface area contributed by atoms with Crippen LogP contribution in [0.2, 0.25) is 0 Å². The summed E-state index contributed by atoms with van der Waals surface area (Å²) in [5.74, 6) is -0.772. The van der Waals surface area contributed by atoms with Crippen molar-refractivity contribution in [3.05, 3.63) is 0 Å². The molecular formula is C13H19F3N2O2. The Hall–Kier alpha value is -1.27. The molecule has 1 N–H and O–H groups in total. The molecule has 114 valence electrons. The lowest BCUT2D eigenvalue weighted by molar-refractivity contribution is -0.168. The van der Waals surface area contributed by atoms with Crippen LogP contribution in [0.5, 0.6) is 0 Å². The van der Waals surface area contributed by atoms with E-state index in [1.54, 1.807) is 6.92 Å². The van der Waals surface area contributed by atoms with Crippen molar-refractivity contribution in [3.8, 4) is 0 Å². The molecule has 2 fully saturated rings. The number of carbonyl (C=O) groups is 2. The Morgan fingerprint density at radius 1 is 1.25 bits per heavy atom. The molecule has 1 saturated heterocycles. The summed E-state index contributed by atoms with van der Waals surface area (Å²) in [6.45, 7) is 4.08. The van der Waals surface area contributed by atoms with Gasteiger partial charge in [-0.15, -0.1) is 0 Å². The predicted molar refractivity (Wildman–Crippen MR) is 65.7 cm³/mol. The van der Waals surface area contributed by atoms with Crippen molar-refractivity contribution in [2.24, 2.45) is 5.92 Å². The van der Waals surface area contributed by atoms with Gasteiger partial charge in [0, 0.05) is 6.54 Å². The highest BCUT2D eigenvalue weighted by atomic mass is 19.4. The monoisotopic (exact) mass is 292 g/mol. The lowest BCUT2D eigenvalue weighted by Crippen LogP contribution is -2.74. The summed E-state index contributed by atoms with van der Waals surface area (Å²) in [7, 11) is 0. The van der Waals surface area contributed by atoms with Crippen LogP contribution in [0.1, 0.15) is 40.0 Å². The predicted octanol–water partition coefficient (Wildman–Crippen LogP) is 1.84. The van der Waals surface area contributed by atoms with Crippen molar-refractivity contribution in [1.82, 2.24) is 10.2 Å². The van der Waals surface area contributed by atoms with Gasteiger partial charge >= 0.3 is 6.18 Å². The number of alkyl halides is 3. The van der Waals surface area contributed by atoms with Crippen LogP contribution in [0, 0.1) is 5.92 Å². The molecule has 0 radical (unpaired) electrons. The molecule has 0 aromatic heterocycles. The number of nitrogens with one attached hydrogen (secondary N) is 1. The second-order valence-corrected chi connectivity index (χ2v) is 6.31. The molecule has 1 aliphatic carbocycles. The smallest absolute Gasteiger partial charge is 0.340 e. The van der Waals surface area contributed by atoms with Gasteiger partial charge in [-0.25, -0.2) is 0 Å². The molecule has 20 heavy (non-hydrogen) atoms. The number of nitrogens with zero attached hydrogens (tertiary/aromatic N) is 1. The summed E-state index contributed by atoms with van der Waals surface area (Å²) in [6.07, 6.45) is -3.82. The van der Waals surface area contributed by atoms with Crippen LogP contribution >= 0.6 is 0 Å². The number of hydrogen-bond acceptors (Lipinski definition) is 2. The zero-order valence-electron chi connectivity index (χ0n) is 11.8. The molecule has 1 atom stereocenters. The van der Waals surface area contributed by atoms with Crippen LogP contribution in [0.3, 0.4) is 0 Å². The number of amides is 2. The highest BCUT2D eigenvalue weighted by Gasteiger charge is 2.58. The highest BCUT2D eigenvalue weighted by molar-refractivity contribution is 6.02. The van der Waals surface area contributed by atoms with Crippen LogP contribution in [-0.4, -0.2) is 40.5 Å². The lowest BCUT2D eigenvalue weighted by atomic mass is 9.85. The van der Waals surface area contributed by atoms with E-state index in [0.717, 1.165) is 17.7 Å². The first-order chi connectivity index (χ1) is 8.98. The standard InChI is InChI=1S/C13H19F3N2O2/c1-11(2)9(19)17-12(3,8-4-5-8)10(20)18(11)7-6-13(14,15)16/h8H,4-7H2,1-3H3,(H,17,19). The van der Waals surface area contributed by atoms with Crippen LogP contribution < -0.4 is 5.32 Å². The Kier molecular flexibility index (Phi) is 3.30. The molecule has 0 spiro atoms. The van der Waals surface area contributed by atoms with Crippen molar-refractivity contribution in [1.29, 1.82) is 0 Å². The lowest BCUT2D eigenvalue weighted by Gasteiger charge is -2.49. The Balaban J connectivity index is 2.24. The van der Waals surface area contributed by atoms with E-state index in [0.29, 0.717) is 0 Å². The third-order valence-corrected chi connectivity index (χ3v) is 4.31. The molecule has 1 unspecified atom stereocenters. The van der Waals surface area contributed by atoms with Crippen LogP contribution in [-0.2, 0) is 9.59 Å². The van der Waals surface area contributed by atoms with Crippen molar-refractivity contribution in [3.63, 3.8) is 0 Å². The van der Waals surface area contributed by atoms with E-state index in [2.05, 4.69) is 5.32 Å². The summed E-state index contributed by atoms with van der Waals surface area (Å²) in [5.41, 5.74) is -2.31. The quantitative estimate of drug-likeness (QED) is 0.863. The van der Waals surface area contributed by atoms with E-state index in [-0.39, 0.29) is 5.92 Å². The Morgan fingerprint density at radius 2 is 1.80 bits per heavy atom. The van der Waals surface area contributed by atoms with E-state index in [4.69, 9.17) is 0 Å². The highest BCUT2D eigenvalue weighted by Crippen LogP contribution is 2.43. The van der Waals surface area contributed by atoms with Crippen LogP contribution in [0.4, 0.5) is 13.2 Å². The third kappa shape index (κ3) is 2.50. The van der Waals surface area contributed by atoms with E-state index >= 15 is 0 Å². The first kappa shape index (κ1) is 15.1. The molecule has 1 saturated carbocycles. The third-order valence-electron chi connectivity index (χ3n) is 4.31. The molecule has 0 bridgehead atoms. The largest absolute Gasteiger partial charge is 0.390 e. The number of hydrogen-bond donors (Lipinski definition) is 1. The minimum absolute atomic E-state index is 0.0310. The van der Waals surface area contributed by atoms with Gasteiger partial charge in [0.05, 0.1) is 6.42 Å². The fourth-order valence-electron chi connectivity index (χ4n) is 2.66. The summed E-state index contributed by atoms with van der Waals surface area (Å²) in [4.78, 5) is 25.8. The Morgan fingerprint density at radius 3 is 2.25 bits per heavy atom. The topological polar surface area (TPSA) is 49.4 Å². The molecule has 4 nitrogen and oxygen atoms in total. The van der Waals surface area contributed by atoms with Gasteiger partial charge in [-0.2, -0.15) is 13.2 Å². The average molecular weight is 292 g/mol. The van der Waals surface area contributed by atoms with Crippen molar-refractivity contribution in [2.45, 2.75) is 57.3 Å². The average Bonchev–Trinajstić information content (AvgIpc) is 3.08. The normalized spacial score (nSPS) is 30.4. The molecule has 2 aliphatic rings. The van der Waals surface area contributed by atoms with Gasteiger partial charge in [0.15, 0.2) is 0 Å². The SMILES string of the molecule is CC1(C2CC2)NC(=O)C(C)(C)N(CCC(F)(F)F)C1=O. The maximum atomic E-state index is 12.6. The van der Waals surface area contributed by atoms with Gasteiger partial charge in [0.25, 0.3) is 0 Å². The molecule has 0 aromatic carbocycles. The van der Waals surface area contributed by atoms with Crippen molar-refractivity contribution in [2.75, 3.05) is 6.54 Å². The number of rotatable bonds is 3. The fourth-order valence-corrected chi connectivity index (χ4v) is 2.66. The molecule has 1 heterocycles. The Bertz CT molecular complexity index is 443. The van der Waals surface area contributed by atoms with Gasteiger partial charge in [-0.05, 0) is 39.5 Å². The minimum Gasteiger partial charge on any atom is -0.340 e. The first-order valence-corrected chi connectivity index (χ1v) is 6.70. The molecule has 1 aliphatic heterocycles. The van der Waals surface area contributed by atoms with Gasteiger partial charge in [-0.3, -0.25) is 9.59 Å². The molecule has 0 aromatic rings. The summed E-state index contributed by atoms with van der Waals surface area (Å²) in [5, 5.41) is 2.71. The minimum atomic E-state index is -4.35. The molecule has 2 amide bonds. The number of piperazine rings is 1. The number of halogens is 3. The van der Waals surface area contributed by atoms with Crippen molar-refractivity contribution >= 4 is 11.8 Å².